The minimum Gasteiger partial charge on any atom is -0.316 e. The molecule has 0 radical (unpaired) electrons. The first-order valence-electron chi connectivity index (χ1n) is 2.33. The van der Waals surface area contributed by atoms with Crippen molar-refractivity contribution in [1.82, 2.24) is 0 Å². The fourth-order valence-corrected chi connectivity index (χ4v) is 0.197. The minimum absolute atomic E-state index is 0. The standard InChI is InChI=1S/C7H9N.ClH/c1-4-5-6-7(2,3)8;/h1H,8H2,2-3H3;1H. The van der Waals surface area contributed by atoms with Crippen molar-refractivity contribution in [3.05, 3.63) is 0 Å². The van der Waals surface area contributed by atoms with E-state index in [2.05, 4.69) is 17.8 Å². The number of nitrogens with two attached hydrogens (primary N) is 1. The summed E-state index contributed by atoms with van der Waals surface area (Å²) in [6.07, 6.45) is 4.86. The maximum Gasteiger partial charge on any atom is 0.0729 e. The SMILES string of the molecule is C#CC#CC(C)(C)N.Cl. The van der Waals surface area contributed by atoms with Gasteiger partial charge in [0.25, 0.3) is 0 Å². The Labute approximate surface area is 62.4 Å². The van der Waals surface area contributed by atoms with E-state index in [4.69, 9.17) is 12.2 Å². The molecule has 0 aromatic carbocycles. The molecule has 0 aliphatic carbocycles. The Morgan fingerprint density at radius 3 is 2.00 bits per heavy atom. The van der Waals surface area contributed by atoms with Crippen molar-refractivity contribution >= 4 is 12.4 Å². The Bertz CT molecular complexity index is 160. The van der Waals surface area contributed by atoms with Crippen molar-refractivity contribution in [2.45, 2.75) is 19.4 Å². The maximum absolute atomic E-state index is 5.45. The van der Waals surface area contributed by atoms with E-state index in [0.717, 1.165) is 0 Å². The molecule has 0 rings (SSSR count). The number of terminal acetylenes is 1. The Hall–Kier alpha value is -0.630. The topological polar surface area (TPSA) is 26.0 Å². The zero-order chi connectivity index (χ0) is 6.62. The van der Waals surface area contributed by atoms with Gasteiger partial charge in [0.1, 0.15) is 0 Å². The summed E-state index contributed by atoms with van der Waals surface area (Å²) in [4.78, 5) is 0. The van der Waals surface area contributed by atoms with Crippen molar-refractivity contribution in [2.75, 3.05) is 0 Å². The molecule has 0 atom stereocenters. The summed E-state index contributed by atoms with van der Waals surface area (Å²) < 4.78 is 0. The Kier molecular flexibility index (Phi) is 5.31. The highest BCUT2D eigenvalue weighted by Gasteiger charge is 2.02. The van der Waals surface area contributed by atoms with Crippen molar-refractivity contribution < 1.29 is 0 Å². The summed E-state index contributed by atoms with van der Waals surface area (Å²) in [7, 11) is 0. The predicted octanol–water partition coefficient (Wildman–Crippen LogP) is 0.782. The lowest BCUT2D eigenvalue weighted by molar-refractivity contribution is 0.681. The molecule has 0 spiro atoms. The Morgan fingerprint density at radius 2 is 1.89 bits per heavy atom. The molecule has 0 aromatic heterocycles. The van der Waals surface area contributed by atoms with Crippen LogP contribution in [0, 0.1) is 24.2 Å². The van der Waals surface area contributed by atoms with E-state index in [1.54, 1.807) is 13.8 Å². The lowest BCUT2D eigenvalue weighted by atomic mass is 10.1. The molecule has 0 heterocycles. The van der Waals surface area contributed by atoms with Crippen LogP contribution in [0.15, 0.2) is 0 Å². The predicted molar refractivity (Wildman–Crippen MR) is 42.1 cm³/mol. The summed E-state index contributed by atoms with van der Waals surface area (Å²) in [5.41, 5.74) is 5.00. The molecule has 0 unspecified atom stereocenters. The van der Waals surface area contributed by atoms with Gasteiger partial charge < -0.3 is 5.73 Å². The zero-order valence-corrected chi connectivity index (χ0v) is 6.38. The summed E-state index contributed by atoms with van der Waals surface area (Å²) in [5.74, 6) is 7.29. The van der Waals surface area contributed by atoms with Crippen LogP contribution in [-0.2, 0) is 0 Å². The highest BCUT2D eigenvalue weighted by Crippen LogP contribution is 1.90. The minimum atomic E-state index is -0.452. The molecule has 0 bridgehead atoms. The smallest absolute Gasteiger partial charge is 0.0729 e. The second-order valence-corrected chi connectivity index (χ2v) is 2.12. The van der Waals surface area contributed by atoms with E-state index >= 15 is 0 Å². The summed E-state index contributed by atoms with van der Waals surface area (Å²) in [5, 5.41) is 0. The van der Waals surface area contributed by atoms with E-state index in [1.165, 1.54) is 0 Å². The van der Waals surface area contributed by atoms with Crippen molar-refractivity contribution in [3.8, 4) is 24.2 Å². The van der Waals surface area contributed by atoms with Gasteiger partial charge in [0.05, 0.1) is 5.54 Å². The summed E-state index contributed by atoms with van der Waals surface area (Å²) >= 11 is 0. The largest absolute Gasteiger partial charge is 0.316 e. The van der Waals surface area contributed by atoms with Gasteiger partial charge >= 0.3 is 0 Å². The molecule has 2 heteroatoms. The van der Waals surface area contributed by atoms with Gasteiger partial charge in [-0.2, -0.15) is 0 Å². The molecule has 0 aliphatic heterocycles. The summed E-state index contributed by atoms with van der Waals surface area (Å²) in [6.45, 7) is 3.61. The molecule has 9 heavy (non-hydrogen) atoms. The monoisotopic (exact) mass is 143 g/mol. The number of halogens is 1. The fourth-order valence-electron chi connectivity index (χ4n) is 0.197. The van der Waals surface area contributed by atoms with Crippen LogP contribution in [0.5, 0.6) is 0 Å². The number of hydrogen-bond donors (Lipinski definition) is 1. The zero-order valence-electron chi connectivity index (χ0n) is 5.56. The number of rotatable bonds is 0. The van der Waals surface area contributed by atoms with Crippen molar-refractivity contribution in [1.29, 1.82) is 0 Å². The Balaban J connectivity index is 0. The fraction of sp³-hybridized carbons (Fsp3) is 0.429. The highest BCUT2D eigenvalue weighted by molar-refractivity contribution is 5.85. The third-order valence-electron chi connectivity index (χ3n) is 0.457. The van der Waals surface area contributed by atoms with E-state index in [1.807, 2.05) is 0 Å². The molecule has 0 aromatic rings. The quantitative estimate of drug-likeness (QED) is 0.499. The van der Waals surface area contributed by atoms with Crippen LogP contribution >= 0.6 is 12.4 Å². The van der Waals surface area contributed by atoms with E-state index < -0.39 is 5.54 Å². The van der Waals surface area contributed by atoms with E-state index in [0.29, 0.717) is 0 Å². The first kappa shape index (κ1) is 11.2. The highest BCUT2D eigenvalue weighted by atomic mass is 35.5. The molecular weight excluding hydrogens is 134 g/mol. The van der Waals surface area contributed by atoms with Gasteiger partial charge in [-0.15, -0.1) is 18.8 Å². The molecule has 0 saturated heterocycles. The van der Waals surface area contributed by atoms with Gasteiger partial charge in [0.15, 0.2) is 0 Å². The van der Waals surface area contributed by atoms with Crippen LogP contribution in [0.3, 0.4) is 0 Å². The Morgan fingerprint density at radius 1 is 1.44 bits per heavy atom. The molecule has 0 aliphatic rings. The maximum atomic E-state index is 5.45. The molecule has 0 fully saturated rings. The molecule has 0 amide bonds. The molecule has 50 valence electrons. The average Bonchev–Trinajstić information content (AvgIpc) is 1.59. The van der Waals surface area contributed by atoms with E-state index in [9.17, 15) is 0 Å². The van der Waals surface area contributed by atoms with Crippen LogP contribution in [0.4, 0.5) is 0 Å². The molecule has 0 saturated carbocycles. The molecule has 2 N–H and O–H groups in total. The van der Waals surface area contributed by atoms with Gasteiger partial charge in [0.2, 0.25) is 0 Å². The van der Waals surface area contributed by atoms with Crippen molar-refractivity contribution in [2.24, 2.45) is 5.73 Å². The second kappa shape index (κ2) is 4.27. The van der Waals surface area contributed by atoms with Gasteiger partial charge in [-0.1, -0.05) is 5.92 Å². The first-order chi connectivity index (χ1) is 3.56. The van der Waals surface area contributed by atoms with Crippen LogP contribution in [0.2, 0.25) is 0 Å². The molecule has 1 nitrogen and oxygen atoms in total. The van der Waals surface area contributed by atoms with Crippen molar-refractivity contribution in [3.63, 3.8) is 0 Å². The normalized spacial score (nSPS) is 7.78. The molecular formula is C7H10ClN. The van der Waals surface area contributed by atoms with Crippen LogP contribution in [-0.4, -0.2) is 5.54 Å². The first-order valence-corrected chi connectivity index (χ1v) is 2.33. The summed E-state index contributed by atoms with van der Waals surface area (Å²) in [6, 6.07) is 0. The van der Waals surface area contributed by atoms with Gasteiger partial charge in [0, 0.05) is 0 Å². The second-order valence-electron chi connectivity index (χ2n) is 2.12. The third-order valence-corrected chi connectivity index (χ3v) is 0.457. The lowest BCUT2D eigenvalue weighted by Gasteiger charge is -2.06. The van der Waals surface area contributed by atoms with E-state index in [-0.39, 0.29) is 12.4 Å². The third kappa shape index (κ3) is 11.1. The van der Waals surface area contributed by atoms with Crippen LogP contribution in [0.25, 0.3) is 0 Å². The van der Waals surface area contributed by atoms with Gasteiger partial charge in [-0.3, -0.25) is 0 Å². The van der Waals surface area contributed by atoms with Gasteiger partial charge in [-0.25, -0.2) is 0 Å². The lowest BCUT2D eigenvalue weighted by Crippen LogP contribution is -2.29. The average molecular weight is 144 g/mol. The van der Waals surface area contributed by atoms with Crippen LogP contribution < -0.4 is 5.73 Å². The number of hydrogen-bond acceptors (Lipinski definition) is 1. The van der Waals surface area contributed by atoms with Crippen LogP contribution in [0.1, 0.15) is 13.8 Å². The van der Waals surface area contributed by atoms with Gasteiger partial charge in [-0.05, 0) is 25.7 Å².